The Labute approximate surface area is 158 Å². The maximum atomic E-state index is 11.9. The van der Waals surface area contributed by atoms with Crippen LogP contribution in [0.25, 0.3) is 33.1 Å². The molecule has 0 spiro atoms. The van der Waals surface area contributed by atoms with Gasteiger partial charge >= 0.3 is 0 Å². The summed E-state index contributed by atoms with van der Waals surface area (Å²) >= 11 is 0. The van der Waals surface area contributed by atoms with Crippen molar-refractivity contribution >= 4 is 38.9 Å². The lowest BCUT2D eigenvalue weighted by Crippen LogP contribution is -2.18. The third kappa shape index (κ3) is 2.98. The van der Waals surface area contributed by atoms with E-state index in [2.05, 4.69) is 49.5 Å². The van der Waals surface area contributed by atoms with Crippen LogP contribution >= 0.6 is 0 Å². The molecule has 2 aromatic carbocycles. The average Bonchev–Trinajstić information content (AvgIpc) is 2.91. The summed E-state index contributed by atoms with van der Waals surface area (Å²) < 4.78 is 2.22. The molecule has 0 amide bonds. The Morgan fingerprint density at radius 1 is 1.04 bits per heavy atom. The van der Waals surface area contributed by atoms with Crippen LogP contribution in [0.1, 0.15) is 28.4 Å². The minimum absolute atomic E-state index is 0.0614. The van der Waals surface area contributed by atoms with Crippen LogP contribution in [0.2, 0.25) is 0 Å². The van der Waals surface area contributed by atoms with Gasteiger partial charge in [0.1, 0.15) is 5.52 Å². The molecule has 0 saturated heterocycles. The smallest absolute Gasteiger partial charge is 0.160 e. The summed E-state index contributed by atoms with van der Waals surface area (Å²) in [6.45, 7) is 7.51. The number of likely N-dealkylation sites (N-methyl/N-ethyl adjacent to an activating group) is 1. The standard InChI is InChI=1S/C22H24N4O/c1-13-10-18-19(11-14(13)2)24-22-21(23-18)17-12-16(15(3)27)6-7-20(17)26(22)9-8-25(4)5/h6-7,10-12H,8-9H2,1-5H3. The maximum Gasteiger partial charge on any atom is 0.160 e. The third-order valence-electron chi connectivity index (χ3n) is 5.24. The van der Waals surface area contributed by atoms with E-state index in [4.69, 9.17) is 9.97 Å². The zero-order valence-electron chi connectivity index (χ0n) is 16.5. The molecule has 0 aliphatic rings. The predicted octanol–water partition coefficient (Wildman–Crippen LogP) is 4.12. The number of aryl methyl sites for hydroxylation is 2. The number of rotatable bonds is 4. The lowest BCUT2D eigenvalue weighted by Gasteiger charge is -2.12. The number of hydrogen-bond acceptors (Lipinski definition) is 4. The Balaban J connectivity index is 2.08. The summed E-state index contributed by atoms with van der Waals surface area (Å²) in [6, 6.07) is 10.1. The van der Waals surface area contributed by atoms with Crippen molar-refractivity contribution in [2.24, 2.45) is 0 Å². The van der Waals surface area contributed by atoms with Gasteiger partial charge in [0.15, 0.2) is 11.4 Å². The SMILES string of the molecule is CC(=O)c1ccc2c(c1)c1nc3cc(C)c(C)cc3nc1n2CCN(C)C. The highest BCUT2D eigenvalue weighted by Gasteiger charge is 2.16. The second-order valence-corrected chi connectivity index (χ2v) is 7.56. The highest BCUT2D eigenvalue weighted by atomic mass is 16.1. The minimum atomic E-state index is 0.0614. The molecule has 4 aromatic rings. The summed E-state index contributed by atoms with van der Waals surface area (Å²) in [4.78, 5) is 24.0. The molecule has 0 saturated carbocycles. The Morgan fingerprint density at radius 3 is 2.33 bits per heavy atom. The van der Waals surface area contributed by atoms with Crippen molar-refractivity contribution in [3.63, 3.8) is 0 Å². The Morgan fingerprint density at radius 2 is 1.70 bits per heavy atom. The molecule has 2 aromatic heterocycles. The highest BCUT2D eigenvalue weighted by Crippen LogP contribution is 2.30. The van der Waals surface area contributed by atoms with Gasteiger partial charge in [-0.3, -0.25) is 4.79 Å². The fraction of sp³-hybridized carbons (Fsp3) is 0.318. The largest absolute Gasteiger partial charge is 0.323 e. The second kappa shape index (κ2) is 6.43. The third-order valence-corrected chi connectivity index (χ3v) is 5.24. The number of hydrogen-bond donors (Lipinski definition) is 0. The van der Waals surface area contributed by atoms with E-state index in [0.717, 1.165) is 46.2 Å². The van der Waals surface area contributed by atoms with Crippen molar-refractivity contribution in [2.45, 2.75) is 27.3 Å². The molecule has 0 aliphatic heterocycles. The number of nitrogens with zero attached hydrogens (tertiary/aromatic N) is 4. The molecular weight excluding hydrogens is 336 g/mol. The van der Waals surface area contributed by atoms with Gasteiger partial charge in [0, 0.05) is 24.0 Å². The van der Waals surface area contributed by atoms with E-state index in [0.29, 0.717) is 5.56 Å². The normalized spacial score (nSPS) is 11.9. The quantitative estimate of drug-likeness (QED) is 0.514. The Kier molecular flexibility index (Phi) is 4.19. The second-order valence-electron chi connectivity index (χ2n) is 7.56. The van der Waals surface area contributed by atoms with E-state index in [9.17, 15) is 4.79 Å². The van der Waals surface area contributed by atoms with Crippen molar-refractivity contribution in [1.82, 2.24) is 19.4 Å². The molecule has 0 fully saturated rings. The molecule has 0 unspecified atom stereocenters. The zero-order valence-corrected chi connectivity index (χ0v) is 16.5. The molecule has 2 heterocycles. The summed E-state index contributed by atoms with van der Waals surface area (Å²) in [5.74, 6) is 0.0614. The molecule has 0 N–H and O–H groups in total. The van der Waals surface area contributed by atoms with Gasteiger partial charge in [-0.2, -0.15) is 0 Å². The lowest BCUT2D eigenvalue weighted by molar-refractivity contribution is 0.101. The first kappa shape index (κ1) is 17.6. The monoisotopic (exact) mass is 360 g/mol. The van der Waals surface area contributed by atoms with E-state index >= 15 is 0 Å². The molecule has 0 bridgehead atoms. The minimum Gasteiger partial charge on any atom is -0.323 e. The predicted molar refractivity (Wildman–Crippen MR) is 111 cm³/mol. The van der Waals surface area contributed by atoms with Gasteiger partial charge in [0.25, 0.3) is 0 Å². The summed E-state index contributed by atoms with van der Waals surface area (Å²) in [6.07, 6.45) is 0. The number of Topliss-reactive ketones (excluding diaryl/α,β-unsaturated/α-hetero) is 1. The van der Waals surface area contributed by atoms with Crippen molar-refractivity contribution < 1.29 is 4.79 Å². The van der Waals surface area contributed by atoms with Crippen LogP contribution in [0, 0.1) is 13.8 Å². The van der Waals surface area contributed by atoms with E-state index in [1.165, 1.54) is 11.1 Å². The van der Waals surface area contributed by atoms with Crippen molar-refractivity contribution in [1.29, 1.82) is 0 Å². The zero-order chi connectivity index (χ0) is 19.3. The van der Waals surface area contributed by atoms with Crippen LogP contribution in [-0.2, 0) is 6.54 Å². The summed E-state index contributed by atoms with van der Waals surface area (Å²) in [5.41, 5.74) is 7.74. The van der Waals surface area contributed by atoms with Gasteiger partial charge in [-0.1, -0.05) is 0 Å². The number of benzene rings is 2. The van der Waals surface area contributed by atoms with Crippen LogP contribution in [0.5, 0.6) is 0 Å². The molecule has 5 nitrogen and oxygen atoms in total. The van der Waals surface area contributed by atoms with Crippen molar-refractivity contribution in [3.05, 3.63) is 47.0 Å². The number of fused-ring (bicyclic) bond motifs is 4. The summed E-state index contributed by atoms with van der Waals surface area (Å²) in [5, 5.41) is 0.990. The van der Waals surface area contributed by atoms with Crippen molar-refractivity contribution in [2.75, 3.05) is 20.6 Å². The summed E-state index contributed by atoms with van der Waals surface area (Å²) in [7, 11) is 4.13. The molecule has 0 radical (unpaired) electrons. The van der Waals surface area contributed by atoms with Crippen LogP contribution in [-0.4, -0.2) is 45.9 Å². The van der Waals surface area contributed by atoms with Gasteiger partial charge in [0.05, 0.1) is 16.6 Å². The lowest BCUT2D eigenvalue weighted by atomic mass is 10.1. The van der Waals surface area contributed by atoms with Crippen LogP contribution in [0.3, 0.4) is 0 Å². The van der Waals surface area contributed by atoms with E-state index < -0.39 is 0 Å². The first-order chi connectivity index (χ1) is 12.8. The molecule has 5 heteroatoms. The fourth-order valence-electron chi connectivity index (χ4n) is 3.49. The molecule has 0 atom stereocenters. The van der Waals surface area contributed by atoms with Gasteiger partial charge < -0.3 is 9.47 Å². The van der Waals surface area contributed by atoms with Gasteiger partial charge in [-0.25, -0.2) is 9.97 Å². The van der Waals surface area contributed by atoms with Crippen LogP contribution < -0.4 is 0 Å². The van der Waals surface area contributed by atoms with Gasteiger partial charge in [-0.15, -0.1) is 0 Å². The molecule has 0 aliphatic carbocycles. The highest BCUT2D eigenvalue weighted by molar-refractivity contribution is 6.09. The average molecular weight is 360 g/mol. The van der Waals surface area contributed by atoms with Crippen molar-refractivity contribution in [3.8, 4) is 0 Å². The first-order valence-corrected chi connectivity index (χ1v) is 9.22. The van der Waals surface area contributed by atoms with E-state index in [-0.39, 0.29) is 5.78 Å². The molecular formula is C22H24N4O. The number of carbonyl (C=O) groups excluding carboxylic acids is 1. The topological polar surface area (TPSA) is 51.0 Å². The number of ketones is 1. The maximum absolute atomic E-state index is 11.9. The van der Waals surface area contributed by atoms with E-state index in [1.807, 2.05) is 18.2 Å². The number of carbonyl (C=O) groups is 1. The number of aromatic nitrogens is 3. The Bertz CT molecular complexity index is 1200. The van der Waals surface area contributed by atoms with Crippen LogP contribution in [0.15, 0.2) is 30.3 Å². The first-order valence-electron chi connectivity index (χ1n) is 9.22. The van der Waals surface area contributed by atoms with Gasteiger partial charge in [0.2, 0.25) is 0 Å². The fourth-order valence-corrected chi connectivity index (χ4v) is 3.49. The van der Waals surface area contributed by atoms with E-state index in [1.54, 1.807) is 6.92 Å². The molecule has 138 valence electrons. The van der Waals surface area contributed by atoms with Crippen LogP contribution in [0.4, 0.5) is 0 Å². The molecule has 27 heavy (non-hydrogen) atoms. The Hall–Kier alpha value is -2.79. The molecule has 4 rings (SSSR count). The van der Waals surface area contributed by atoms with Gasteiger partial charge in [-0.05, 0) is 76.3 Å².